The number of rotatable bonds is 4. The van der Waals surface area contributed by atoms with Crippen LogP contribution in [0.15, 0.2) is 24.3 Å². The summed E-state index contributed by atoms with van der Waals surface area (Å²) in [7, 11) is 1.13. The number of benzene rings is 1. The van der Waals surface area contributed by atoms with Crippen LogP contribution in [0.25, 0.3) is 0 Å². The highest BCUT2D eigenvalue weighted by atomic mass is 19.4. The van der Waals surface area contributed by atoms with E-state index in [1.165, 1.54) is 12.1 Å². The van der Waals surface area contributed by atoms with Gasteiger partial charge in [-0.15, -0.1) is 0 Å². The second-order valence-corrected chi connectivity index (χ2v) is 4.36. The quantitative estimate of drug-likeness (QED) is 0.897. The predicted octanol–water partition coefficient (Wildman–Crippen LogP) is 2.78. The van der Waals surface area contributed by atoms with Gasteiger partial charge in [-0.25, -0.2) is 4.79 Å². The van der Waals surface area contributed by atoms with Gasteiger partial charge in [0.25, 0.3) is 0 Å². The molecule has 1 aromatic carbocycles. The Morgan fingerprint density at radius 3 is 2.29 bits per heavy atom. The van der Waals surface area contributed by atoms with Gasteiger partial charge in [-0.1, -0.05) is 0 Å². The van der Waals surface area contributed by atoms with Crippen molar-refractivity contribution in [3.63, 3.8) is 0 Å². The van der Waals surface area contributed by atoms with E-state index in [1.807, 2.05) is 5.32 Å². The number of carbonyl (C=O) groups excluding carboxylic acids is 2. The van der Waals surface area contributed by atoms with E-state index in [4.69, 9.17) is 0 Å². The van der Waals surface area contributed by atoms with Crippen molar-refractivity contribution in [3.05, 3.63) is 29.8 Å². The Balaban J connectivity index is 2.53. The minimum Gasteiger partial charge on any atom is -0.453 e. The SMILES string of the molecule is COC(=O)NC(=O)C[C@@H](C)Nc1ccc(C(F)(F)F)cc1. The maximum Gasteiger partial charge on any atom is 0.416 e. The average molecular weight is 304 g/mol. The fraction of sp³-hybridized carbons (Fsp3) is 0.385. The normalized spacial score (nSPS) is 12.4. The van der Waals surface area contributed by atoms with E-state index in [2.05, 4.69) is 10.1 Å². The fourth-order valence-electron chi connectivity index (χ4n) is 1.58. The van der Waals surface area contributed by atoms with Crippen LogP contribution in [0.2, 0.25) is 0 Å². The number of methoxy groups -OCH3 is 1. The molecule has 0 unspecified atom stereocenters. The summed E-state index contributed by atoms with van der Waals surface area (Å²) in [6.07, 6.45) is -5.28. The zero-order valence-electron chi connectivity index (χ0n) is 11.5. The molecule has 116 valence electrons. The van der Waals surface area contributed by atoms with E-state index in [-0.39, 0.29) is 12.5 Å². The predicted molar refractivity (Wildman–Crippen MR) is 69.7 cm³/mol. The zero-order valence-corrected chi connectivity index (χ0v) is 11.5. The van der Waals surface area contributed by atoms with Gasteiger partial charge in [-0.2, -0.15) is 13.2 Å². The minimum absolute atomic E-state index is 0.0316. The first kappa shape index (κ1) is 16.8. The number of halogens is 3. The molecule has 1 rings (SSSR count). The van der Waals surface area contributed by atoms with Gasteiger partial charge >= 0.3 is 12.3 Å². The van der Waals surface area contributed by atoms with Gasteiger partial charge < -0.3 is 10.1 Å². The lowest BCUT2D eigenvalue weighted by atomic mass is 10.1. The highest BCUT2D eigenvalue weighted by Gasteiger charge is 2.29. The molecule has 0 aromatic heterocycles. The van der Waals surface area contributed by atoms with Crippen molar-refractivity contribution in [3.8, 4) is 0 Å². The molecule has 0 aliphatic heterocycles. The molecular formula is C13H15F3N2O3. The standard InChI is InChI=1S/C13H15F3N2O3/c1-8(7-11(19)18-12(20)21-2)17-10-5-3-9(4-6-10)13(14,15)16/h3-6,8,17H,7H2,1-2H3,(H,18,19,20)/t8-/m1/s1. The molecule has 5 nitrogen and oxygen atoms in total. The summed E-state index contributed by atoms with van der Waals surface area (Å²) in [4.78, 5) is 22.2. The molecule has 2 amide bonds. The van der Waals surface area contributed by atoms with Crippen molar-refractivity contribution in [2.75, 3.05) is 12.4 Å². The Kier molecular flexibility index (Phi) is 5.57. The van der Waals surface area contributed by atoms with Gasteiger partial charge in [0, 0.05) is 18.2 Å². The molecule has 0 saturated carbocycles. The molecule has 0 saturated heterocycles. The lowest BCUT2D eigenvalue weighted by Crippen LogP contribution is -2.33. The summed E-state index contributed by atoms with van der Waals surface area (Å²) in [5, 5.41) is 4.85. The van der Waals surface area contributed by atoms with Crippen molar-refractivity contribution in [1.82, 2.24) is 5.32 Å². The number of carbonyl (C=O) groups is 2. The molecule has 0 heterocycles. The number of nitrogens with one attached hydrogen (secondary N) is 2. The summed E-state index contributed by atoms with van der Waals surface area (Å²) in [5.41, 5.74) is -0.300. The van der Waals surface area contributed by atoms with E-state index in [0.29, 0.717) is 5.69 Å². The second kappa shape index (κ2) is 6.96. The highest BCUT2D eigenvalue weighted by molar-refractivity contribution is 5.92. The number of anilines is 1. The zero-order chi connectivity index (χ0) is 16.0. The van der Waals surface area contributed by atoms with Crippen LogP contribution in [0.3, 0.4) is 0 Å². The average Bonchev–Trinajstić information content (AvgIpc) is 2.37. The Bertz CT molecular complexity index is 500. The van der Waals surface area contributed by atoms with Gasteiger partial charge in [0.1, 0.15) is 0 Å². The Labute approximate surface area is 119 Å². The van der Waals surface area contributed by atoms with E-state index in [0.717, 1.165) is 19.2 Å². The van der Waals surface area contributed by atoms with Gasteiger partial charge in [0.05, 0.1) is 12.7 Å². The first-order valence-corrected chi connectivity index (χ1v) is 6.04. The number of hydrogen-bond donors (Lipinski definition) is 2. The first-order chi connectivity index (χ1) is 9.72. The fourth-order valence-corrected chi connectivity index (χ4v) is 1.58. The lowest BCUT2D eigenvalue weighted by Gasteiger charge is -2.15. The van der Waals surface area contributed by atoms with E-state index in [1.54, 1.807) is 6.92 Å². The van der Waals surface area contributed by atoms with Gasteiger partial charge in [0.15, 0.2) is 0 Å². The smallest absolute Gasteiger partial charge is 0.416 e. The molecule has 0 fully saturated rings. The third-order valence-corrected chi connectivity index (χ3v) is 2.54. The molecule has 0 bridgehead atoms. The van der Waals surface area contributed by atoms with Crippen molar-refractivity contribution in [2.24, 2.45) is 0 Å². The Morgan fingerprint density at radius 1 is 1.24 bits per heavy atom. The molecule has 0 radical (unpaired) electrons. The van der Waals surface area contributed by atoms with E-state index >= 15 is 0 Å². The third kappa shape index (κ3) is 5.72. The maximum absolute atomic E-state index is 12.4. The Hall–Kier alpha value is -2.25. The number of alkyl carbamates (subject to hydrolysis) is 1. The summed E-state index contributed by atoms with van der Waals surface area (Å²) >= 11 is 0. The third-order valence-electron chi connectivity index (χ3n) is 2.54. The van der Waals surface area contributed by atoms with E-state index in [9.17, 15) is 22.8 Å². The maximum atomic E-state index is 12.4. The molecule has 8 heteroatoms. The summed E-state index contributed by atoms with van der Waals surface area (Å²) in [6.45, 7) is 1.66. The number of hydrogen-bond acceptors (Lipinski definition) is 4. The molecule has 2 N–H and O–H groups in total. The monoisotopic (exact) mass is 304 g/mol. The topological polar surface area (TPSA) is 67.4 Å². The number of ether oxygens (including phenoxy) is 1. The molecule has 0 aliphatic rings. The number of alkyl halides is 3. The van der Waals surface area contributed by atoms with Gasteiger partial charge in [0.2, 0.25) is 5.91 Å². The molecule has 0 spiro atoms. The Morgan fingerprint density at radius 2 is 1.81 bits per heavy atom. The molecule has 21 heavy (non-hydrogen) atoms. The lowest BCUT2D eigenvalue weighted by molar-refractivity contribution is -0.137. The van der Waals surface area contributed by atoms with Gasteiger partial charge in [-0.05, 0) is 31.2 Å². The molecular weight excluding hydrogens is 289 g/mol. The summed E-state index contributed by atoms with van der Waals surface area (Å²) < 4.78 is 41.4. The van der Waals surface area contributed by atoms with Gasteiger partial charge in [-0.3, -0.25) is 10.1 Å². The van der Waals surface area contributed by atoms with Crippen molar-refractivity contribution in [1.29, 1.82) is 0 Å². The van der Waals surface area contributed by atoms with Crippen LogP contribution >= 0.6 is 0 Å². The summed E-state index contributed by atoms with van der Waals surface area (Å²) in [6, 6.07) is 4.08. The summed E-state index contributed by atoms with van der Waals surface area (Å²) in [5.74, 6) is -0.547. The molecule has 1 aromatic rings. The van der Waals surface area contributed by atoms with Crippen molar-refractivity contribution in [2.45, 2.75) is 25.6 Å². The highest BCUT2D eigenvalue weighted by Crippen LogP contribution is 2.29. The second-order valence-electron chi connectivity index (χ2n) is 4.36. The van der Waals surface area contributed by atoms with Crippen LogP contribution in [-0.2, 0) is 15.7 Å². The largest absolute Gasteiger partial charge is 0.453 e. The van der Waals surface area contributed by atoms with Crippen LogP contribution < -0.4 is 10.6 Å². The van der Waals surface area contributed by atoms with E-state index < -0.39 is 23.7 Å². The van der Waals surface area contributed by atoms with Crippen LogP contribution in [-0.4, -0.2) is 25.2 Å². The molecule has 1 atom stereocenters. The number of imide groups is 1. The molecule has 0 aliphatic carbocycles. The van der Waals surface area contributed by atoms with Crippen LogP contribution in [0.1, 0.15) is 18.9 Å². The van der Waals surface area contributed by atoms with Crippen molar-refractivity contribution >= 4 is 17.7 Å². The number of amides is 2. The first-order valence-electron chi connectivity index (χ1n) is 6.04. The minimum atomic E-state index is -4.38. The van der Waals surface area contributed by atoms with Crippen LogP contribution in [0.5, 0.6) is 0 Å². The van der Waals surface area contributed by atoms with Crippen LogP contribution in [0.4, 0.5) is 23.7 Å². The van der Waals surface area contributed by atoms with Crippen molar-refractivity contribution < 1.29 is 27.5 Å². The van der Waals surface area contributed by atoms with Crippen LogP contribution in [0, 0.1) is 0 Å².